The van der Waals surface area contributed by atoms with Gasteiger partial charge in [-0.3, -0.25) is 4.55 Å². The van der Waals surface area contributed by atoms with Gasteiger partial charge in [-0.2, -0.15) is 8.42 Å². The van der Waals surface area contributed by atoms with Crippen LogP contribution in [0.2, 0.25) is 0 Å². The zero-order valence-corrected chi connectivity index (χ0v) is 8.50. The number of rotatable bonds is 1. The van der Waals surface area contributed by atoms with Crippen molar-refractivity contribution in [2.45, 2.75) is 4.90 Å². The van der Waals surface area contributed by atoms with Crippen LogP contribution >= 0.6 is 15.9 Å². The van der Waals surface area contributed by atoms with Gasteiger partial charge in [-0.1, -0.05) is 0 Å². The number of phenolic OH excluding ortho intramolecular Hbond substituents is 2. The predicted molar refractivity (Wildman–Crippen MR) is 47.3 cm³/mol. The minimum absolute atomic E-state index is 0.0138. The number of benzene rings is 1. The molecule has 1 rings (SSSR count). The Kier molecular flexibility index (Phi) is 2.51. The molecule has 72 valence electrons. The fraction of sp³-hybridized carbons (Fsp3) is 0. The molecule has 1 aromatic carbocycles. The maximum atomic E-state index is 10.6. The average Bonchev–Trinajstić information content (AvgIpc) is 1.97. The molecule has 0 bridgehead atoms. The monoisotopic (exact) mass is 268 g/mol. The van der Waals surface area contributed by atoms with Crippen molar-refractivity contribution >= 4 is 26.0 Å². The normalized spacial score (nSPS) is 11.5. The summed E-state index contributed by atoms with van der Waals surface area (Å²) in [5, 5.41) is 18.0. The molecule has 0 saturated carbocycles. The predicted octanol–water partition coefficient (Wildman–Crippen LogP) is 1.11. The second kappa shape index (κ2) is 3.17. The van der Waals surface area contributed by atoms with E-state index in [2.05, 4.69) is 15.9 Å². The van der Waals surface area contributed by atoms with E-state index in [1.165, 1.54) is 0 Å². The third-order valence-electron chi connectivity index (χ3n) is 1.31. The number of hydrogen-bond acceptors (Lipinski definition) is 4. The Bertz CT molecular complexity index is 415. The summed E-state index contributed by atoms with van der Waals surface area (Å²) in [7, 11) is -4.37. The second-order valence-electron chi connectivity index (χ2n) is 2.25. The fourth-order valence-corrected chi connectivity index (χ4v) is 1.84. The molecule has 0 aromatic heterocycles. The van der Waals surface area contributed by atoms with Gasteiger partial charge in [0.1, 0.15) is 0 Å². The van der Waals surface area contributed by atoms with E-state index in [0.717, 1.165) is 12.1 Å². The van der Waals surface area contributed by atoms with Gasteiger partial charge in [0.2, 0.25) is 0 Å². The zero-order valence-electron chi connectivity index (χ0n) is 6.10. The highest BCUT2D eigenvalue weighted by Gasteiger charge is 2.15. The van der Waals surface area contributed by atoms with E-state index in [-0.39, 0.29) is 4.47 Å². The molecule has 0 radical (unpaired) electrons. The van der Waals surface area contributed by atoms with Crippen molar-refractivity contribution in [2.75, 3.05) is 0 Å². The molecule has 0 amide bonds. The highest BCUT2D eigenvalue weighted by molar-refractivity contribution is 9.10. The lowest BCUT2D eigenvalue weighted by molar-refractivity contribution is 0.399. The van der Waals surface area contributed by atoms with Gasteiger partial charge in [0.25, 0.3) is 10.1 Å². The fourth-order valence-electron chi connectivity index (χ4n) is 0.709. The average molecular weight is 269 g/mol. The van der Waals surface area contributed by atoms with Crippen LogP contribution in [0.15, 0.2) is 21.5 Å². The molecule has 0 aliphatic rings. The first-order valence-corrected chi connectivity index (χ1v) is 5.24. The highest BCUT2D eigenvalue weighted by Crippen LogP contribution is 2.35. The molecule has 13 heavy (non-hydrogen) atoms. The second-order valence-corrected chi connectivity index (χ2v) is 4.52. The molecule has 0 aliphatic carbocycles. The summed E-state index contributed by atoms with van der Waals surface area (Å²) in [5.41, 5.74) is 0. The van der Waals surface area contributed by atoms with Crippen molar-refractivity contribution in [3.63, 3.8) is 0 Å². The lowest BCUT2D eigenvalue weighted by Gasteiger charge is -2.02. The summed E-state index contributed by atoms with van der Waals surface area (Å²) in [6.45, 7) is 0. The Morgan fingerprint density at radius 1 is 1.23 bits per heavy atom. The molecule has 0 saturated heterocycles. The zero-order chi connectivity index (χ0) is 10.2. The molecule has 0 aliphatic heterocycles. The van der Waals surface area contributed by atoms with E-state index in [1.807, 2.05) is 0 Å². The minimum Gasteiger partial charge on any atom is -0.504 e. The first-order valence-electron chi connectivity index (χ1n) is 3.01. The van der Waals surface area contributed by atoms with Gasteiger partial charge in [-0.05, 0) is 22.0 Å². The summed E-state index contributed by atoms with van der Waals surface area (Å²) in [5.74, 6) is -1.10. The minimum atomic E-state index is -4.37. The van der Waals surface area contributed by atoms with E-state index in [0.29, 0.717) is 0 Å². The van der Waals surface area contributed by atoms with Crippen molar-refractivity contribution in [1.82, 2.24) is 0 Å². The summed E-state index contributed by atoms with van der Waals surface area (Å²) >= 11 is 2.80. The summed E-state index contributed by atoms with van der Waals surface area (Å²) in [6, 6.07) is 1.72. The van der Waals surface area contributed by atoms with Gasteiger partial charge >= 0.3 is 0 Å². The molecular formula is C6H5BrO5S. The van der Waals surface area contributed by atoms with Crippen LogP contribution < -0.4 is 0 Å². The Morgan fingerprint density at radius 3 is 2.15 bits per heavy atom. The van der Waals surface area contributed by atoms with Gasteiger partial charge in [0.15, 0.2) is 11.5 Å². The molecule has 5 nitrogen and oxygen atoms in total. The van der Waals surface area contributed by atoms with E-state index in [4.69, 9.17) is 14.8 Å². The van der Waals surface area contributed by atoms with Crippen molar-refractivity contribution in [3.05, 3.63) is 16.6 Å². The first kappa shape index (κ1) is 10.3. The molecule has 0 unspecified atom stereocenters. The summed E-state index contributed by atoms with van der Waals surface area (Å²) in [6.07, 6.45) is 0. The maximum Gasteiger partial charge on any atom is 0.294 e. The van der Waals surface area contributed by atoms with Crippen LogP contribution in [-0.4, -0.2) is 23.2 Å². The molecule has 7 heteroatoms. The third-order valence-corrected chi connectivity index (χ3v) is 2.75. The maximum absolute atomic E-state index is 10.6. The molecule has 0 spiro atoms. The molecule has 0 atom stereocenters. The van der Waals surface area contributed by atoms with Crippen molar-refractivity contribution in [3.8, 4) is 11.5 Å². The SMILES string of the molecule is O=S(=O)(O)c1cc(O)c(O)c(Br)c1. The summed E-state index contributed by atoms with van der Waals surface area (Å²) in [4.78, 5) is -0.491. The van der Waals surface area contributed by atoms with Gasteiger partial charge in [0, 0.05) is 6.07 Å². The number of aromatic hydroxyl groups is 2. The molecular weight excluding hydrogens is 264 g/mol. The summed E-state index contributed by atoms with van der Waals surface area (Å²) < 4.78 is 29.8. The molecule has 0 heterocycles. The number of phenols is 2. The van der Waals surface area contributed by atoms with Crippen LogP contribution in [0.3, 0.4) is 0 Å². The van der Waals surface area contributed by atoms with Crippen LogP contribution in [-0.2, 0) is 10.1 Å². The topological polar surface area (TPSA) is 94.8 Å². The Labute approximate surface area is 82.5 Å². The van der Waals surface area contributed by atoms with E-state index >= 15 is 0 Å². The van der Waals surface area contributed by atoms with Gasteiger partial charge < -0.3 is 10.2 Å². The standard InChI is InChI=1S/C6H5BrO5S/c7-4-1-3(13(10,11)12)2-5(8)6(4)9/h1-2,8-9H,(H,10,11,12). The Balaban J connectivity index is 3.47. The van der Waals surface area contributed by atoms with Crippen LogP contribution in [0.5, 0.6) is 11.5 Å². The van der Waals surface area contributed by atoms with Gasteiger partial charge in [-0.25, -0.2) is 0 Å². The van der Waals surface area contributed by atoms with E-state index in [1.54, 1.807) is 0 Å². The number of halogens is 1. The number of hydrogen-bond donors (Lipinski definition) is 3. The van der Waals surface area contributed by atoms with Crippen LogP contribution in [0.25, 0.3) is 0 Å². The van der Waals surface area contributed by atoms with Crippen molar-refractivity contribution in [2.24, 2.45) is 0 Å². The third kappa shape index (κ3) is 2.11. The molecule has 3 N–H and O–H groups in total. The highest BCUT2D eigenvalue weighted by atomic mass is 79.9. The van der Waals surface area contributed by atoms with E-state index in [9.17, 15) is 8.42 Å². The first-order chi connectivity index (χ1) is 5.82. The lowest BCUT2D eigenvalue weighted by atomic mass is 10.3. The molecule has 1 aromatic rings. The van der Waals surface area contributed by atoms with Gasteiger partial charge in [0.05, 0.1) is 9.37 Å². The largest absolute Gasteiger partial charge is 0.504 e. The smallest absolute Gasteiger partial charge is 0.294 e. The van der Waals surface area contributed by atoms with Crippen LogP contribution in [0.1, 0.15) is 0 Å². The van der Waals surface area contributed by atoms with Crippen LogP contribution in [0, 0.1) is 0 Å². The van der Waals surface area contributed by atoms with E-state index < -0.39 is 26.5 Å². The quantitative estimate of drug-likeness (QED) is 0.524. The van der Waals surface area contributed by atoms with Crippen molar-refractivity contribution < 1.29 is 23.2 Å². The molecule has 0 fully saturated rings. The van der Waals surface area contributed by atoms with Gasteiger partial charge in [-0.15, -0.1) is 0 Å². The Hall–Kier alpha value is -0.790. The van der Waals surface area contributed by atoms with Crippen molar-refractivity contribution in [1.29, 1.82) is 0 Å². The Morgan fingerprint density at radius 2 is 1.77 bits per heavy atom. The lowest BCUT2D eigenvalue weighted by Crippen LogP contribution is -1.97. The van der Waals surface area contributed by atoms with Crippen LogP contribution in [0.4, 0.5) is 0 Å².